The highest BCUT2D eigenvalue weighted by molar-refractivity contribution is 7.71. The lowest BCUT2D eigenvalue weighted by atomic mass is 10.1. The molecule has 1 fully saturated rings. The molecule has 6 heteroatoms. The summed E-state index contributed by atoms with van der Waals surface area (Å²) in [6.45, 7) is 0. The zero-order chi connectivity index (χ0) is 14.1. The average molecular weight is 292 g/mol. The van der Waals surface area contributed by atoms with Crippen molar-refractivity contribution in [2.75, 3.05) is 7.11 Å². The van der Waals surface area contributed by atoms with Crippen molar-refractivity contribution in [3.05, 3.63) is 28.6 Å². The number of hydrogen-bond donors (Lipinski definition) is 2. The van der Waals surface area contributed by atoms with Gasteiger partial charge < -0.3 is 19.5 Å². The van der Waals surface area contributed by atoms with Crippen molar-refractivity contribution in [1.29, 1.82) is 0 Å². The number of carbonyl (C=O) groups excluding carboxylic acids is 1. The Balaban J connectivity index is 1.79. The number of H-pyrrole nitrogens is 1. The molecule has 0 radical (unpaired) electrons. The number of fused-ring (bicyclic) bond motifs is 1. The van der Waals surface area contributed by atoms with E-state index in [1.54, 1.807) is 25.3 Å². The number of oxazole rings is 1. The van der Waals surface area contributed by atoms with E-state index >= 15 is 0 Å². The Morgan fingerprint density at radius 2 is 2.35 bits per heavy atom. The van der Waals surface area contributed by atoms with Crippen molar-refractivity contribution >= 4 is 29.2 Å². The summed E-state index contributed by atoms with van der Waals surface area (Å²) in [5.41, 5.74) is 1.96. The van der Waals surface area contributed by atoms with Crippen LogP contribution in [0.2, 0.25) is 0 Å². The molecule has 1 aromatic heterocycles. The van der Waals surface area contributed by atoms with E-state index in [2.05, 4.69) is 10.3 Å². The van der Waals surface area contributed by atoms with Gasteiger partial charge in [-0.05, 0) is 49.7 Å². The van der Waals surface area contributed by atoms with E-state index < -0.39 is 0 Å². The van der Waals surface area contributed by atoms with Crippen LogP contribution in [-0.2, 0) is 4.74 Å². The van der Waals surface area contributed by atoms with Gasteiger partial charge >= 0.3 is 0 Å². The molecule has 0 aliphatic heterocycles. The molecule has 2 N–H and O–H groups in total. The first-order valence-corrected chi connectivity index (χ1v) is 7.05. The number of amides is 1. The van der Waals surface area contributed by atoms with Crippen molar-refractivity contribution in [3.63, 3.8) is 0 Å². The third-order valence-electron chi connectivity index (χ3n) is 3.75. The number of ether oxygens (including phenoxy) is 1. The Labute approximate surface area is 121 Å². The molecule has 0 saturated heterocycles. The maximum Gasteiger partial charge on any atom is 0.266 e. The summed E-state index contributed by atoms with van der Waals surface area (Å²) in [6, 6.07) is 5.34. The van der Waals surface area contributed by atoms with Gasteiger partial charge in [-0.25, -0.2) is 0 Å². The molecule has 3 rings (SSSR count). The molecule has 1 aliphatic carbocycles. The summed E-state index contributed by atoms with van der Waals surface area (Å²) in [4.78, 5) is 15.5. The number of aromatic amines is 1. The van der Waals surface area contributed by atoms with Crippen LogP contribution in [0.3, 0.4) is 0 Å². The summed E-state index contributed by atoms with van der Waals surface area (Å²) in [6.07, 6.45) is 3.14. The molecule has 0 unspecified atom stereocenters. The molecule has 1 aliphatic rings. The lowest BCUT2D eigenvalue weighted by Gasteiger charge is -2.19. The van der Waals surface area contributed by atoms with Gasteiger partial charge in [0, 0.05) is 12.7 Å². The smallest absolute Gasteiger partial charge is 0.266 e. The highest BCUT2D eigenvalue weighted by Gasteiger charge is 2.28. The van der Waals surface area contributed by atoms with E-state index in [4.69, 9.17) is 21.4 Å². The van der Waals surface area contributed by atoms with E-state index in [0.717, 1.165) is 24.8 Å². The Morgan fingerprint density at radius 3 is 3.15 bits per heavy atom. The van der Waals surface area contributed by atoms with Gasteiger partial charge in [0.2, 0.25) is 0 Å². The van der Waals surface area contributed by atoms with Crippen LogP contribution in [0, 0.1) is 4.84 Å². The van der Waals surface area contributed by atoms with Gasteiger partial charge in [-0.3, -0.25) is 4.79 Å². The second-order valence-electron chi connectivity index (χ2n) is 5.01. The zero-order valence-electron chi connectivity index (χ0n) is 11.1. The summed E-state index contributed by atoms with van der Waals surface area (Å²) in [5.74, 6) is -0.108. The molecular weight excluding hydrogens is 276 g/mol. The summed E-state index contributed by atoms with van der Waals surface area (Å²) >= 11 is 4.93. The minimum Gasteiger partial charge on any atom is -0.429 e. The van der Waals surface area contributed by atoms with E-state index in [-0.39, 0.29) is 18.1 Å². The number of rotatable bonds is 3. The van der Waals surface area contributed by atoms with Gasteiger partial charge in [0.15, 0.2) is 5.58 Å². The molecule has 2 aromatic rings. The molecule has 1 aromatic carbocycles. The molecule has 20 heavy (non-hydrogen) atoms. The molecule has 0 bridgehead atoms. The Kier molecular flexibility index (Phi) is 3.58. The van der Waals surface area contributed by atoms with Crippen LogP contribution in [0.5, 0.6) is 0 Å². The number of hydrogen-bond acceptors (Lipinski definition) is 4. The Morgan fingerprint density at radius 1 is 1.50 bits per heavy atom. The van der Waals surface area contributed by atoms with Crippen molar-refractivity contribution < 1.29 is 13.9 Å². The molecule has 2 atom stereocenters. The normalized spacial score (nSPS) is 22.2. The first-order chi connectivity index (χ1) is 9.67. The lowest BCUT2D eigenvalue weighted by molar-refractivity contribution is 0.0722. The third kappa shape index (κ3) is 2.48. The first kappa shape index (κ1) is 13.3. The predicted octanol–water partition coefficient (Wildman–Crippen LogP) is 2.79. The second-order valence-corrected chi connectivity index (χ2v) is 5.38. The molecule has 1 saturated carbocycles. The van der Waals surface area contributed by atoms with E-state index in [1.165, 1.54) is 0 Å². The Bertz CT molecular complexity index is 691. The SMILES string of the molecule is CO[C@H]1CCC[C@@H]1NC(=O)c1ccc2[nH]c(=S)oc2c1. The first-order valence-electron chi connectivity index (χ1n) is 6.64. The topological polar surface area (TPSA) is 67.3 Å². The summed E-state index contributed by atoms with van der Waals surface area (Å²) in [5, 5.41) is 3.03. The fraction of sp³-hybridized carbons (Fsp3) is 0.429. The van der Waals surface area contributed by atoms with Gasteiger partial charge in [0.25, 0.3) is 10.7 Å². The van der Waals surface area contributed by atoms with Crippen LogP contribution in [0.25, 0.3) is 11.1 Å². The minimum atomic E-state index is -0.108. The fourth-order valence-corrected chi connectivity index (χ4v) is 2.91. The molecular formula is C14H16N2O3S. The van der Waals surface area contributed by atoms with Crippen LogP contribution in [0.1, 0.15) is 29.6 Å². The second kappa shape index (κ2) is 5.38. The van der Waals surface area contributed by atoms with Crippen LogP contribution in [-0.4, -0.2) is 30.1 Å². The molecule has 1 amide bonds. The summed E-state index contributed by atoms with van der Waals surface area (Å²) < 4.78 is 10.7. The van der Waals surface area contributed by atoms with Crippen LogP contribution in [0.4, 0.5) is 0 Å². The maximum absolute atomic E-state index is 12.3. The fourth-order valence-electron chi connectivity index (χ4n) is 2.71. The van der Waals surface area contributed by atoms with E-state index in [1.807, 2.05) is 0 Å². The molecule has 0 spiro atoms. The lowest BCUT2D eigenvalue weighted by Crippen LogP contribution is -2.40. The van der Waals surface area contributed by atoms with Gasteiger partial charge in [-0.2, -0.15) is 0 Å². The third-order valence-corrected chi connectivity index (χ3v) is 3.94. The van der Waals surface area contributed by atoms with Crippen molar-refractivity contribution in [3.8, 4) is 0 Å². The van der Waals surface area contributed by atoms with Gasteiger partial charge in [-0.15, -0.1) is 0 Å². The Hall–Kier alpha value is -1.66. The molecule has 1 heterocycles. The standard InChI is InChI=1S/C14H16N2O3S/c1-18-11-4-2-3-9(11)15-13(17)8-5-6-10-12(7-8)19-14(20)16-10/h5-7,9,11H,2-4H2,1H3,(H,15,17)(H,16,20)/t9-,11-/m0/s1. The van der Waals surface area contributed by atoms with Crippen LogP contribution >= 0.6 is 12.2 Å². The van der Waals surface area contributed by atoms with E-state index in [0.29, 0.717) is 16.0 Å². The predicted molar refractivity (Wildman–Crippen MR) is 77.3 cm³/mol. The van der Waals surface area contributed by atoms with Gasteiger partial charge in [-0.1, -0.05) is 0 Å². The van der Waals surface area contributed by atoms with Crippen molar-refractivity contribution in [1.82, 2.24) is 10.3 Å². The van der Waals surface area contributed by atoms with Crippen molar-refractivity contribution in [2.24, 2.45) is 0 Å². The monoisotopic (exact) mass is 292 g/mol. The number of methoxy groups -OCH3 is 1. The maximum atomic E-state index is 12.3. The van der Waals surface area contributed by atoms with Gasteiger partial charge in [0.05, 0.1) is 17.7 Å². The van der Waals surface area contributed by atoms with Crippen LogP contribution < -0.4 is 5.32 Å². The quantitative estimate of drug-likeness (QED) is 0.854. The highest BCUT2D eigenvalue weighted by atomic mass is 32.1. The summed E-state index contributed by atoms with van der Waals surface area (Å²) in [7, 11) is 1.69. The number of carbonyl (C=O) groups is 1. The largest absolute Gasteiger partial charge is 0.429 e. The van der Waals surface area contributed by atoms with E-state index in [9.17, 15) is 4.79 Å². The number of aromatic nitrogens is 1. The van der Waals surface area contributed by atoms with Crippen LogP contribution in [0.15, 0.2) is 22.6 Å². The van der Waals surface area contributed by atoms with Crippen molar-refractivity contribution in [2.45, 2.75) is 31.4 Å². The molecule has 106 valence electrons. The molecule has 5 nitrogen and oxygen atoms in total. The zero-order valence-corrected chi connectivity index (χ0v) is 12.0. The number of benzene rings is 1. The average Bonchev–Trinajstić information content (AvgIpc) is 3.02. The minimum absolute atomic E-state index is 0.0841. The van der Waals surface area contributed by atoms with Gasteiger partial charge in [0.1, 0.15) is 0 Å². The highest BCUT2D eigenvalue weighted by Crippen LogP contribution is 2.22. The number of nitrogens with one attached hydrogen (secondary N) is 2.